The lowest BCUT2D eigenvalue weighted by Gasteiger charge is -1.91. The van der Waals surface area contributed by atoms with Crippen LogP contribution in [0.4, 0.5) is 0 Å². The fourth-order valence-corrected chi connectivity index (χ4v) is 0.0856. The van der Waals surface area contributed by atoms with Gasteiger partial charge in [0.15, 0.2) is 6.17 Å². The lowest BCUT2D eigenvalue weighted by atomic mass is 10.6. The number of hydrogen-bond donors (Lipinski definition) is 2. The summed E-state index contributed by atoms with van der Waals surface area (Å²) in [4.78, 5) is 9.18. The first-order chi connectivity index (χ1) is 3.31. The van der Waals surface area contributed by atoms with Crippen molar-refractivity contribution in [2.75, 3.05) is 0 Å². The minimum Gasteiger partial charge on any atom is -0.298 e. The molecule has 5 nitrogen and oxygen atoms in total. The maximum absolute atomic E-state index is 9.18. The SMILES string of the molecule is N#CC(N)NN=O. The molecular formula is C2H4N4O. The predicted molar refractivity (Wildman–Crippen MR) is 22.5 cm³/mol. The van der Waals surface area contributed by atoms with E-state index in [0.717, 1.165) is 0 Å². The monoisotopic (exact) mass is 100 g/mol. The first-order valence-electron chi connectivity index (χ1n) is 1.54. The summed E-state index contributed by atoms with van der Waals surface area (Å²) in [6.07, 6.45) is -0.975. The van der Waals surface area contributed by atoms with E-state index in [1.54, 1.807) is 5.43 Å². The molecule has 0 saturated carbocycles. The molecule has 0 heterocycles. The Morgan fingerprint density at radius 2 is 2.57 bits per heavy atom. The van der Waals surface area contributed by atoms with Crippen molar-refractivity contribution >= 4 is 0 Å². The van der Waals surface area contributed by atoms with Crippen LogP contribution in [0.2, 0.25) is 0 Å². The third-order valence-corrected chi connectivity index (χ3v) is 0.331. The summed E-state index contributed by atoms with van der Waals surface area (Å²) in [5, 5.41) is 9.99. The largest absolute Gasteiger partial charge is 0.298 e. The molecule has 0 bridgehead atoms. The highest BCUT2D eigenvalue weighted by Gasteiger charge is 1.91. The maximum Gasteiger partial charge on any atom is 0.183 e. The molecule has 0 spiro atoms. The van der Waals surface area contributed by atoms with Crippen molar-refractivity contribution < 1.29 is 0 Å². The van der Waals surface area contributed by atoms with Crippen molar-refractivity contribution in [2.45, 2.75) is 6.17 Å². The zero-order valence-corrected chi connectivity index (χ0v) is 3.46. The standard InChI is InChI=1S/C2H4N4O/c3-1-2(4)5-6-7/h2H,4H2,(H,5,7). The zero-order valence-electron chi connectivity index (χ0n) is 3.46. The van der Waals surface area contributed by atoms with Crippen LogP contribution in [0.25, 0.3) is 0 Å². The Morgan fingerprint density at radius 3 is 2.71 bits per heavy atom. The van der Waals surface area contributed by atoms with E-state index in [1.807, 2.05) is 0 Å². The molecule has 3 N–H and O–H groups in total. The molecule has 0 aliphatic heterocycles. The summed E-state index contributed by atoms with van der Waals surface area (Å²) < 4.78 is 0. The summed E-state index contributed by atoms with van der Waals surface area (Å²) in [5.41, 5.74) is 6.60. The summed E-state index contributed by atoms with van der Waals surface area (Å²) >= 11 is 0. The Balaban J connectivity index is 3.21. The number of rotatable bonds is 2. The van der Waals surface area contributed by atoms with Crippen LogP contribution in [0.3, 0.4) is 0 Å². The van der Waals surface area contributed by atoms with Crippen molar-refractivity contribution in [1.29, 1.82) is 5.26 Å². The van der Waals surface area contributed by atoms with Crippen molar-refractivity contribution in [3.8, 4) is 6.07 Å². The second kappa shape index (κ2) is 3.06. The highest BCUT2D eigenvalue weighted by Crippen LogP contribution is 1.61. The van der Waals surface area contributed by atoms with Crippen LogP contribution in [0.15, 0.2) is 5.29 Å². The van der Waals surface area contributed by atoms with E-state index in [4.69, 9.17) is 11.0 Å². The van der Waals surface area contributed by atoms with E-state index in [-0.39, 0.29) is 0 Å². The lowest BCUT2D eigenvalue weighted by molar-refractivity contribution is 0.652. The molecule has 0 amide bonds. The van der Waals surface area contributed by atoms with Gasteiger partial charge in [0, 0.05) is 0 Å². The third kappa shape index (κ3) is 2.66. The number of nitroso groups, excluding NO2 is 1. The van der Waals surface area contributed by atoms with Gasteiger partial charge in [0.2, 0.25) is 0 Å². The minimum atomic E-state index is -0.975. The first kappa shape index (κ1) is 5.85. The van der Waals surface area contributed by atoms with E-state index >= 15 is 0 Å². The number of nitrogens with one attached hydrogen (secondary N) is 1. The van der Waals surface area contributed by atoms with Gasteiger partial charge in [-0.2, -0.15) is 5.26 Å². The van der Waals surface area contributed by atoms with Crippen LogP contribution in [-0.4, -0.2) is 6.17 Å². The Labute approximate surface area is 40.1 Å². The molecule has 1 unspecified atom stereocenters. The molecule has 0 fully saturated rings. The van der Waals surface area contributed by atoms with Gasteiger partial charge in [-0.25, -0.2) is 5.43 Å². The lowest BCUT2D eigenvalue weighted by Crippen LogP contribution is -2.31. The number of hydrogen-bond acceptors (Lipinski definition) is 4. The molecule has 0 rings (SSSR count). The summed E-state index contributed by atoms with van der Waals surface area (Å²) in [6, 6.07) is 1.54. The topological polar surface area (TPSA) is 91.3 Å². The van der Waals surface area contributed by atoms with E-state index in [0.29, 0.717) is 0 Å². The maximum atomic E-state index is 9.18. The molecule has 0 aromatic carbocycles. The van der Waals surface area contributed by atoms with Crippen LogP contribution in [0.1, 0.15) is 0 Å². The molecule has 1 atom stereocenters. The van der Waals surface area contributed by atoms with Gasteiger partial charge in [0.05, 0.1) is 5.29 Å². The molecule has 0 aromatic rings. The molecule has 0 saturated heterocycles. The van der Waals surface area contributed by atoms with Crippen molar-refractivity contribution in [1.82, 2.24) is 5.43 Å². The number of nitrogens with zero attached hydrogens (tertiary/aromatic N) is 2. The average Bonchev–Trinajstić information content (AvgIpc) is 1.68. The van der Waals surface area contributed by atoms with E-state index < -0.39 is 6.17 Å². The minimum absolute atomic E-state index is 0.975. The zero-order chi connectivity index (χ0) is 5.70. The first-order valence-corrected chi connectivity index (χ1v) is 1.54. The Hall–Kier alpha value is -1.15. The smallest absolute Gasteiger partial charge is 0.183 e. The molecular weight excluding hydrogens is 96.0 g/mol. The Kier molecular flexibility index (Phi) is 2.55. The number of nitriles is 1. The molecule has 0 aliphatic rings. The summed E-state index contributed by atoms with van der Waals surface area (Å²) in [6.45, 7) is 0. The summed E-state index contributed by atoms with van der Waals surface area (Å²) in [5.74, 6) is 0. The van der Waals surface area contributed by atoms with Crippen LogP contribution in [0.5, 0.6) is 0 Å². The van der Waals surface area contributed by atoms with Crippen molar-refractivity contribution in [3.63, 3.8) is 0 Å². The average molecular weight is 100 g/mol. The van der Waals surface area contributed by atoms with Gasteiger partial charge >= 0.3 is 0 Å². The van der Waals surface area contributed by atoms with E-state index in [2.05, 4.69) is 5.29 Å². The van der Waals surface area contributed by atoms with Crippen molar-refractivity contribution in [2.24, 2.45) is 11.0 Å². The quantitative estimate of drug-likeness (QED) is 0.266. The van der Waals surface area contributed by atoms with Crippen LogP contribution in [0, 0.1) is 16.2 Å². The van der Waals surface area contributed by atoms with Gasteiger partial charge in [-0.3, -0.25) is 5.73 Å². The van der Waals surface area contributed by atoms with E-state index in [1.165, 1.54) is 6.07 Å². The molecule has 0 radical (unpaired) electrons. The Morgan fingerprint density at radius 1 is 2.00 bits per heavy atom. The fourth-order valence-electron chi connectivity index (χ4n) is 0.0856. The molecule has 0 aromatic heterocycles. The predicted octanol–water partition coefficient (Wildman–Crippen LogP) is -0.934. The van der Waals surface area contributed by atoms with Gasteiger partial charge in [-0.15, -0.1) is 4.91 Å². The highest BCUT2D eigenvalue weighted by atomic mass is 16.3. The molecule has 0 aliphatic carbocycles. The second-order valence-electron chi connectivity index (χ2n) is 0.827. The normalized spacial score (nSPS) is 11.4. The van der Waals surface area contributed by atoms with Crippen LogP contribution < -0.4 is 11.2 Å². The summed E-state index contributed by atoms with van der Waals surface area (Å²) in [7, 11) is 0. The van der Waals surface area contributed by atoms with Gasteiger partial charge in [0.1, 0.15) is 6.07 Å². The van der Waals surface area contributed by atoms with Gasteiger partial charge in [-0.1, -0.05) is 0 Å². The number of nitrogens with two attached hydrogens (primary N) is 1. The van der Waals surface area contributed by atoms with Crippen LogP contribution >= 0.6 is 0 Å². The van der Waals surface area contributed by atoms with Crippen molar-refractivity contribution in [3.05, 3.63) is 4.91 Å². The molecule has 5 heteroatoms. The van der Waals surface area contributed by atoms with E-state index in [9.17, 15) is 4.91 Å². The second-order valence-corrected chi connectivity index (χ2v) is 0.827. The van der Waals surface area contributed by atoms with Gasteiger partial charge < -0.3 is 0 Å². The molecule has 38 valence electrons. The Bertz CT molecular complexity index is 94.4. The fraction of sp³-hybridized carbons (Fsp3) is 0.500. The van der Waals surface area contributed by atoms with Crippen LogP contribution in [-0.2, 0) is 0 Å². The van der Waals surface area contributed by atoms with Gasteiger partial charge in [0.25, 0.3) is 0 Å². The molecule has 7 heavy (non-hydrogen) atoms. The highest BCUT2D eigenvalue weighted by molar-refractivity contribution is 4.81. The third-order valence-electron chi connectivity index (χ3n) is 0.331. The van der Waals surface area contributed by atoms with Gasteiger partial charge in [-0.05, 0) is 0 Å².